The third-order valence-corrected chi connectivity index (χ3v) is 4.35. The van der Waals surface area contributed by atoms with Crippen LogP contribution in [0.2, 0.25) is 0 Å². The predicted octanol–water partition coefficient (Wildman–Crippen LogP) is 4.22. The lowest BCUT2D eigenvalue weighted by Gasteiger charge is -2.34. The van der Waals surface area contributed by atoms with Gasteiger partial charge in [0.25, 0.3) is 0 Å². The lowest BCUT2D eigenvalue weighted by molar-refractivity contribution is -0.00355. The third kappa shape index (κ3) is 5.61. The van der Waals surface area contributed by atoms with E-state index in [1.807, 2.05) is 18.2 Å². The van der Waals surface area contributed by atoms with Gasteiger partial charge in [-0.25, -0.2) is 0 Å². The van der Waals surface area contributed by atoms with Gasteiger partial charge < -0.3 is 10.0 Å². The van der Waals surface area contributed by atoms with Crippen LogP contribution in [0.15, 0.2) is 30.3 Å². The Morgan fingerprint density at radius 1 is 1.10 bits per heavy atom. The average molecular weight is 312 g/mol. The summed E-state index contributed by atoms with van der Waals surface area (Å²) in [6.45, 7) is 7.79. The number of hydrogen-bond acceptors (Lipinski definition) is 2. The topological polar surface area (TPSA) is 23.5 Å². The van der Waals surface area contributed by atoms with Crippen molar-refractivity contribution in [1.82, 2.24) is 4.90 Å². The van der Waals surface area contributed by atoms with Crippen LogP contribution in [0.25, 0.3) is 0 Å². The molecule has 0 saturated carbocycles. The summed E-state index contributed by atoms with van der Waals surface area (Å²) in [6, 6.07) is 10.2. The fourth-order valence-electron chi connectivity index (χ4n) is 3.31. The van der Waals surface area contributed by atoms with Crippen molar-refractivity contribution >= 4 is 12.4 Å². The van der Waals surface area contributed by atoms with E-state index < -0.39 is 5.60 Å². The van der Waals surface area contributed by atoms with E-state index in [4.69, 9.17) is 0 Å². The molecule has 21 heavy (non-hydrogen) atoms. The summed E-state index contributed by atoms with van der Waals surface area (Å²) < 4.78 is 0. The van der Waals surface area contributed by atoms with E-state index >= 15 is 0 Å². The highest BCUT2D eigenvalue weighted by molar-refractivity contribution is 5.85. The third-order valence-electron chi connectivity index (χ3n) is 4.35. The molecule has 1 N–H and O–H groups in total. The summed E-state index contributed by atoms with van der Waals surface area (Å²) in [7, 11) is 0. The molecule has 1 aliphatic heterocycles. The SMILES string of the molecule is CC(C)CC(O)(CCN1CCCCC1)c1ccccc1.Cl. The lowest BCUT2D eigenvalue weighted by Crippen LogP contribution is -2.36. The minimum absolute atomic E-state index is 0. The molecule has 2 rings (SSSR count). The van der Waals surface area contributed by atoms with Crippen molar-refractivity contribution in [2.24, 2.45) is 5.92 Å². The molecule has 1 aromatic rings. The molecule has 0 bridgehead atoms. The maximum atomic E-state index is 11.2. The van der Waals surface area contributed by atoms with Gasteiger partial charge in [-0.15, -0.1) is 12.4 Å². The zero-order chi connectivity index (χ0) is 14.4. The molecule has 3 heteroatoms. The van der Waals surface area contributed by atoms with Gasteiger partial charge in [-0.3, -0.25) is 0 Å². The van der Waals surface area contributed by atoms with Crippen molar-refractivity contribution in [1.29, 1.82) is 0 Å². The summed E-state index contributed by atoms with van der Waals surface area (Å²) in [5.74, 6) is 0.501. The molecule has 1 aliphatic rings. The first-order valence-electron chi connectivity index (χ1n) is 8.10. The molecule has 1 heterocycles. The molecule has 0 amide bonds. The summed E-state index contributed by atoms with van der Waals surface area (Å²) in [5.41, 5.74) is 0.401. The van der Waals surface area contributed by atoms with Crippen molar-refractivity contribution in [2.75, 3.05) is 19.6 Å². The van der Waals surface area contributed by atoms with Gasteiger partial charge in [-0.1, -0.05) is 50.6 Å². The van der Waals surface area contributed by atoms with Crippen LogP contribution >= 0.6 is 12.4 Å². The molecule has 1 aromatic carbocycles. The molecule has 0 aromatic heterocycles. The molecule has 1 atom stereocenters. The van der Waals surface area contributed by atoms with Gasteiger partial charge in [0.1, 0.15) is 0 Å². The van der Waals surface area contributed by atoms with Crippen LogP contribution < -0.4 is 0 Å². The molecule has 0 spiro atoms. The molecular formula is C18H30ClNO. The molecule has 120 valence electrons. The number of rotatable bonds is 6. The van der Waals surface area contributed by atoms with Gasteiger partial charge in [-0.2, -0.15) is 0 Å². The zero-order valence-electron chi connectivity index (χ0n) is 13.4. The Balaban J connectivity index is 0.00000220. The number of aliphatic hydroxyl groups is 1. The minimum atomic E-state index is -0.674. The zero-order valence-corrected chi connectivity index (χ0v) is 14.2. The van der Waals surface area contributed by atoms with Crippen LogP contribution in [0.4, 0.5) is 0 Å². The first kappa shape index (κ1) is 18.5. The smallest absolute Gasteiger partial charge is 0.0911 e. The van der Waals surface area contributed by atoms with Crippen LogP contribution in [0.1, 0.15) is 51.5 Å². The van der Waals surface area contributed by atoms with E-state index in [-0.39, 0.29) is 12.4 Å². The normalized spacial score (nSPS) is 19.0. The van der Waals surface area contributed by atoms with Crippen molar-refractivity contribution in [3.8, 4) is 0 Å². The second kappa shape index (κ2) is 8.77. The highest BCUT2D eigenvalue weighted by Gasteiger charge is 2.30. The minimum Gasteiger partial charge on any atom is -0.385 e. The number of halogens is 1. The van der Waals surface area contributed by atoms with Crippen molar-refractivity contribution in [3.63, 3.8) is 0 Å². The monoisotopic (exact) mass is 311 g/mol. The van der Waals surface area contributed by atoms with Gasteiger partial charge >= 0.3 is 0 Å². The largest absolute Gasteiger partial charge is 0.385 e. The number of nitrogens with zero attached hydrogens (tertiary/aromatic N) is 1. The standard InChI is InChI=1S/C18H29NO.ClH/c1-16(2)15-18(20,17-9-5-3-6-10-17)11-14-19-12-7-4-8-13-19;/h3,5-6,9-10,16,20H,4,7-8,11-15H2,1-2H3;1H. The van der Waals surface area contributed by atoms with Gasteiger partial charge in [0.2, 0.25) is 0 Å². The number of hydrogen-bond donors (Lipinski definition) is 1. The summed E-state index contributed by atoms with van der Waals surface area (Å²) >= 11 is 0. The fraction of sp³-hybridized carbons (Fsp3) is 0.667. The Morgan fingerprint density at radius 3 is 2.29 bits per heavy atom. The van der Waals surface area contributed by atoms with Crippen LogP contribution in [0.5, 0.6) is 0 Å². The van der Waals surface area contributed by atoms with E-state index in [9.17, 15) is 5.11 Å². The first-order chi connectivity index (χ1) is 9.60. The Labute approximate surface area is 136 Å². The van der Waals surface area contributed by atoms with Crippen LogP contribution in [-0.4, -0.2) is 29.6 Å². The number of likely N-dealkylation sites (tertiary alicyclic amines) is 1. The van der Waals surface area contributed by atoms with Crippen molar-refractivity contribution in [2.45, 2.75) is 51.6 Å². The highest BCUT2D eigenvalue weighted by Crippen LogP contribution is 2.32. The van der Waals surface area contributed by atoms with Crippen molar-refractivity contribution in [3.05, 3.63) is 35.9 Å². The Hall–Kier alpha value is -0.570. The summed E-state index contributed by atoms with van der Waals surface area (Å²) in [6.07, 6.45) is 5.67. The summed E-state index contributed by atoms with van der Waals surface area (Å²) in [4.78, 5) is 2.51. The van der Waals surface area contributed by atoms with Crippen LogP contribution in [-0.2, 0) is 5.60 Å². The van der Waals surface area contributed by atoms with Gasteiger partial charge in [0.15, 0.2) is 0 Å². The lowest BCUT2D eigenvalue weighted by atomic mass is 9.83. The molecule has 0 aliphatic carbocycles. The van der Waals surface area contributed by atoms with Gasteiger partial charge in [0, 0.05) is 6.54 Å². The van der Waals surface area contributed by atoms with E-state index in [1.165, 1.54) is 32.4 Å². The molecular weight excluding hydrogens is 282 g/mol. The number of piperidine rings is 1. The number of benzene rings is 1. The van der Waals surface area contributed by atoms with Gasteiger partial charge in [0.05, 0.1) is 5.60 Å². The second-order valence-electron chi connectivity index (χ2n) is 6.65. The van der Waals surface area contributed by atoms with Crippen LogP contribution in [0.3, 0.4) is 0 Å². The quantitative estimate of drug-likeness (QED) is 0.850. The van der Waals surface area contributed by atoms with E-state index in [0.717, 1.165) is 24.9 Å². The molecule has 1 fully saturated rings. The van der Waals surface area contributed by atoms with Crippen LogP contribution in [0, 0.1) is 5.92 Å². The Bertz CT molecular complexity index is 389. The Morgan fingerprint density at radius 2 is 1.71 bits per heavy atom. The molecule has 0 radical (unpaired) electrons. The van der Waals surface area contributed by atoms with E-state index in [1.54, 1.807) is 0 Å². The first-order valence-corrected chi connectivity index (χ1v) is 8.10. The molecule has 1 saturated heterocycles. The highest BCUT2D eigenvalue weighted by atomic mass is 35.5. The maximum absolute atomic E-state index is 11.2. The van der Waals surface area contributed by atoms with E-state index in [0.29, 0.717) is 5.92 Å². The predicted molar refractivity (Wildman–Crippen MR) is 91.9 cm³/mol. The second-order valence-corrected chi connectivity index (χ2v) is 6.65. The fourth-order valence-corrected chi connectivity index (χ4v) is 3.31. The Kier molecular flexibility index (Phi) is 7.72. The van der Waals surface area contributed by atoms with Gasteiger partial charge in [-0.05, 0) is 50.3 Å². The molecule has 2 nitrogen and oxygen atoms in total. The average Bonchev–Trinajstić information content (AvgIpc) is 2.47. The van der Waals surface area contributed by atoms with E-state index in [2.05, 4.69) is 30.9 Å². The van der Waals surface area contributed by atoms with Crippen molar-refractivity contribution < 1.29 is 5.11 Å². The maximum Gasteiger partial charge on any atom is 0.0911 e. The molecule has 1 unspecified atom stereocenters. The summed E-state index contributed by atoms with van der Waals surface area (Å²) in [5, 5.41) is 11.2.